The molecule has 1 aromatic carbocycles. The largest absolute Gasteiger partial charge is 0.507 e. The second-order valence-corrected chi connectivity index (χ2v) is 8.02. The van der Waals surface area contributed by atoms with Gasteiger partial charge in [0.2, 0.25) is 0 Å². The predicted molar refractivity (Wildman–Crippen MR) is 102 cm³/mol. The van der Waals surface area contributed by atoms with Gasteiger partial charge in [0, 0.05) is 0 Å². The highest BCUT2D eigenvalue weighted by molar-refractivity contribution is 5.47. The van der Waals surface area contributed by atoms with Crippen LogP contribution >= 0.6 is 0 Å². The van der Waals surface area contributed by atoms with Gasteiger partial charge >= 0.3 is 0 Å². The van der Waals surface area contributed by atoms with Crippen molar-refractivity contribution >= 4 is 0 Å². The average molecular weight is 319 g/mol. The van der Waals surface area contributed by atoms with E-state index in [9.17, 15) is 5.11 Å². The molecule has 132 valence electrons. The topological polar surface area (TPSA) is 20.2 Å². The quantitative estimate of drug-likeness (QED) is 0.463. The molecular formula is C22H38O. The highest BCUT2D eigenvalue weighted by atomic mass is 16.3. The minimum atomic E-state index is 0.00167. The predicted octanol–water partition coefficient (Wildman–Crippen LogP) is 6.94. The summed E-state index contributed by atoms with van der Waals surface area (Å²) in [5, 5.41) is 10.7. The van der Waals surface area contributed by atoms with Crippen molar-refractivity contribution in [3.8, 4) is 5.75 Å². The van der Waals surface area contributed by atoms with Gasteiger partial charge in [-0.2, -0.15) is 0 Å². The lowest BCUT2D eigenvalue weighted by atomic mass is 9.82. The zero-order chi connectivity index (χ0) is 17.3. The first-order valence-electron chi connectivity index (χ1n) is 9.75. The smallest absolute Gasteiger partial charge is 0.122 e. The minimum Gasteiger partial charge on any atom is -0.507 e. The summed E-state index contributed by atoms with van der Waals surface area (Å²) in [6.45, 7) is 11.1. The third kappa shape index (κ3) is 6.97. The van der Waals surface area contributed by atoms with E-state index in [1.54, 1.807) is 0 Å². The third-order valence-corrected chi connectivity index (χ3v) is 4.68. The van der Waals surface area contributed by atoms with Gasteiger partial charge in [0.15, 0.2) is 0 Å². The summed E-state index contributed by atoms with van der Waals surface area (Å²) in [5.74, 6) is 0.548. The van der Waals surface area contributed by atoms with Crippen LogP contribution in [0.1, 0.15) is 103 Å². The van der Waals surface area contributed by atoms with E-state index < -0.39 is 0 Å². The maximum Gasteiger partial charge on any atom is 0.122 e. The highest BCUT2D eigenvalue weighted by Crippen LogP contribution is 2.35. The van der Waals surface area contributed by atoms with E-state index in [1.807, 2.05) is 0 Å². The zero-order valence-electron chi connectivity index (χ0n) is 16.2. The van der Waals surface area contributed by atoms with Gasteiger partial charge in [0.1, 0.15) is 5.75 Å². The van der Waals surface area contributed by atoms with E-state index in [4.69, 9.17) is 0 Å². The number of hydrogen-bond acceptors (Lipinski definition) is 1. The summed E-state index contributed by atoms with van der Waals surface area (Å²) in [6, 6.07) is 4.51. The van der Waals surface area contributed by atoms with Crippen LogP contribution in [0.25, 0.3) is 0 Å². The Kier molecular flexibility index (Phi) is 8.73. The normalized spacial score (nSPS) is 11.9. The molecule has 0 unspecified atom stereocenters. The van der Waals surface area contributed by atoms with Gasteiger partial charge in [-0.3, -0.25) is 0 Å². The fourth-order valence-electron chi connectivity index (χ4n) is 3.17. The first-order valence-corrected chi connectivity index (χ1v) is 9.75. The first kappa shape index (κ1) is 20.1. The molecule has 1 rings (SSSR count). The molecule has 1 nitrogen and oxygen atoms in total. The average Bonchev–Trinajstić information content (AvgIpc) is 2.49. The van der Waals surface area contributed by atoms with Crippen LogP contribution in [0.3, 0.4) is 0 Å². The number of aromatic hydroxyl groups is 1. The van der Waals surface area contributed by atoms with Crippen LogP contribution in [-0.2, 0) is 18.3 Å². The Labute approximate surface area is 144 Å². The highest BCUT2D eigenvalue weighted by Gasteiger charge is 2.21. The van der Waals surface area contributed by atoms with Gasteiger partial charge in [-0.15, -0.1) is 0 Å². The van der Waals surface area contributed by atoms with Crippen molar-refractivity contribution in [2.75, 3.05) is 0 Å². The second-order valence-electron chi connectivity index (χ2n) is 8.02. The maximum absolute atomic E-state index is 10.7. The van der Waals surface area contributed by atoms with Gasteiger partial charge < -0.3 is 5.11 Å². The lowest BCUT2D eigenvalue weighted by Crippen LogP contribution is -2.13. The number of phenolic OH excluding ortho intramolecular Hbond substituents is 1. The van der Waals surface area contributed by atoms with Crippen molar-refractivity contribution in [1.29, 1.82) is 0 Å². The molecule has 0 aliphatic rings. The standard InChI is InChI=1S/C22H38O/c1-6-8-10-12-14-18-16-19(15-13-11-9-7-2)21(23)20(17-18)22(3,4)5/h16-17,23H,6-15H2,1-5H3. The molecule has 23 heavy (non-hydrogen) atoms. The van der Waals surface area contributed by atoms with Crippen molar-refractivity contribution in [2.45, 2.75) is 104 Å². The number of aryl methyl sites for hydroxylation is 2. The lowest BCUT2D eigenvalue weighted by molar-refractivity contribution is 0.438. The Morgan fingerprint density at radius 1 is 0.783 bits per heavy atom. The number of benzene rings is 1. The number of unbranched alkanes of at least 4 members (excludes halogenated alkanes) is 6. The summed E-state index contributed by atoms with van der Waals surface area (Å²) >= 11 is 0. The Balaban J connectivity index is 2.88. The monoisotopic (exact) mass is 318 g/mol. The molecule has 0 saturated carbocycles. The van der Waals surface area contributed by atoms with Gasteiger partial charge in [-0.1, -0.05) is 85.3 Å². The number of phenols is 1. The Morgan fingerprint density at radius 3 is 1.87 bits per heavy atom. The van der Waals surface area contributed by atoms with Gasteiger partial charge in [0.25, 0.3) is 0 Å². The Morgan fingerprint density at radius 2 is 1.35 bits per heavy atom. The SMILES string of the molecule is CCCCCCc1cc(CCCCCC)c(O)c(C(C)(C)C)c1. The molecule has 1 heteroatoms. The van der Waals surface area contributed by atoms with E-state index in [0.29, 0.717) is 5.75 Å². The molecule has 0 aromatic heterocycles. The fraction of sp³-hybridized carbons (Fsp3) is 0.727. The molecule has 1 aromatic rings. The number of hydrogen-bond donors (Lipinski definition) is 1. The number of rotatable bonds is 10. The molecule has 0 amide bonds. The van der Waals surface area contributed by atoms with Crippen LogP contribution in [-0.4, -0.2) is 5.11 Å². The van der Waals surface area contributed by atoms with Crippen molar-refractivity contribution in [3.05, 3.63) is 28.8 Å². The van der Waals surface area contributed by atoms with E-state index in [0.717, 1.165) is 18.4 Å². The molecule has 0 bridgehead atoms. The minimum absolute atomic E-state index is 0.00167. The molecule has 0 atom stereocenters. The summed E-state index contributed by atoms with van der Waals surface area (Å²) < 4.78 is 0. The molecule has 0 spiro atoms. The zero-order valence-corrected chi connectivity index (χ0v) is 16.2. The third-order valence-electron chi connectivity index (χ3n) is 4.68. The lowest BCUT2D eigenvalue weighted by Gasteiger charge is -2.23. The van der Waals surface area contributed by atoms with E-state index in [1.165, 1.54) is 62.5 Å². The molecule has 0 aliphatic heterocycles. The van der Waals surface area contributed by atoms with Crippen molar-refractivity contribution in [1.82, 2.24) is 0 Å². The van der Waals surface area contributed by atoms with Gasteiger partial charge in [0.05, 0.1) is 0 Å². The van der Waals surface area contributed by atoms with Crippen LogP contribution in [0.5, 0.6) is 5.75 Å². The molecule has 0 radical (unpaired) electrons. The van der Waals surface area contributed by atoms with Crippen LogP contribution in [0.2, 0.25) is 0 Å². The van der Waals surface area contributed by atoms with Crippen molar-refractivity contribution in [2.24, 2.45) is 0 Å². The first-order chi connectivity index (χ1) is 10.9. The Hall–Kier alpha value is -0.980. The summed E-state index contributed by atoms with van der Waals surface area (Å²) in [6.07, 6.45) is 12.3. The summed E-state index contributed by atoms with van der Waals surface area (Å²) in [5.41, 5.74) is 3.70. The molecule has 0 heterocycles. The van der Waals surface area contributed by atoms with E-state index in [2.05, 4.69) is 46.8 Å². The molecule has 1 N–H and O–H groups in total. The van der Waals surface area contributed by atoms with Gasteiger partial charge in [-0.25, -0.2) is 0 Å². The molecular weight excluding hydrogens is 280 g/mol. The van der Waals surface area contributed by atoms with Gasteiger partial charge in [-0.05, 0) is 47.8 Å². The summed E-state index contributed by atoms with van der Waals surface area (Å²) in [4.78, 5) is 0. The van der Waals surface area contributed by atoms with Crippen LogP contribution in [0.4, 0.5) is 0 Å². The molecule has 0 fully saturated rings. The molecule has 0 aliphatic carbocycles. The van der Waals surface area contributed by atoms with Crippen LogP contribution in [0, 0.1) is 0 Å². The fourth-order valence-corrected chi connectivity index (χ4v) is 3.17. The van der Waals surface area contributed by atoms with Crippen molar-refractivity contribution < 1.29 is 5.11 Å². The second kappa shape index (κ2) is 10.0. The Bertz CT molecular complexity index is 454. The van der Waals surface area contributed by atoms with Crippen LogP contribution < -0.4 is 0 Å². The van der Waals surface area contributed by atoms with E-state index >= 15 is 0 Å². The van der Waals surface area contributed by atoms with Crippen LogP contribution in [0.15, 0.2) is 12.1 Å². The molecule has 0 saturated heterocycles. The van der Waals surface area contributed by atoms with E-state index in [-0.39, 0.29) is 5.41 Å². The maximum atomic E-state index is 10.7. The summed E-state index contributed by atoms with van der Waals surface area (Å²) in [7, 11) is 0. The van der Waals surface area contributed by atoms with Crippen molar-refractivity contribution in [3.63, 3.8) is 0 Å².